The van der Waals surface area contributed by atoms with Gasteiger partial charge in [0.1, 0.15) is 0 Å². The van der Waals surface area contributed by atoms with Gasteiger partial charge >= 0.3 is 6.03 Å². The number of hydrogen-bond acceptors (Lipinski definition) is 5. The Hall–Kier alpha value is -3.63. The molecule has 1 aromatic heterocycles. The normalized spacial score (nSPS) is 14.4. The maximum atomic E-state index is 12.7. The van der Waals surface area contributed by atoms with Crippen LogP contribution in [-0.4, -0.2) is 37.8 Å². The molecule has 0 saturated carbocycles. The predicted molar refractivity (Wildman–Crippen MR) is 125 cm³/mol. The molecule has 2 aromatic carbocycles. The van der Waals surface area contributed by atoms with Gasteiger partial charge in [-0.3, -0.25) is 4.79 Å². The van der Waals surface area contributed by atoms with Gasteiger partial charge in [0.05, 0.1) is 0 Å². The third-order valence-corrected chi connectivity index (χ3v) is 6.92. The molecule has 1 aliphatic rings. The van der Waals surface area contributed by atoms with Crippen LogP contribution >= 0.6 is 0 Å². The summed E-state index contributed by atoms with van der Waals surface area (Å²) in [7, 11) is -3.75. The number of amides is 3. The van der Waals surface area contributed by atoms with Crippen molar-refractivity contribution in [1.82, 2.24) is 4.31 Å². The Labute approximate surface area is 191 Å². The van der Waals surface area contributed by atoms with E-state index in [1.165, 1.54) is 16.4 Å². The molecule has 1 fully saturated rings. The van der Waals surface area contributed by atoms with Gasteiger partial charge in [0, 0.05) is 30.2 Å². The number of hydrogen-bond donors (Lipinski definition) is 3. The Morgan fingerprint density at radius 3 is 1.94 bits per heavy atom. The molecule has 10 heteroatoms. The summed E-state index contributed by atoms with van der Waals surface area (Å²) in [4.78, 5) is 24.6. The molecule has 0 unspecified atom stereocenters. The first-order valence-electron chi connectivity index (χ1n) is 10.6. The molecule has 0 radical (unpaired) electrons. The molecule has 2 heterocycles. The van der Waals surface area contributed by atoms with Crippen LogP contribution in [0.2, 0.25) is 0 Å². The molecule has 0 aliphatic carbocycles. The van der Waals surface area contributed by atoms with Crippen LogP contribution in [0.15, 0.2) is 76.2 Å². The summed E-state index contributed by atoms with van der Waals surface area (Å²) in [5.41, 5.74) is 1.67. The fraction of sp³-hybridized carbons (Fsp3) is 0.217. The number of benzene rings is 2. The van der Waals surface area contributed by atoms with Gasteiger partial charge in [0.25, 0.3) is 15.9 Å². The van der Waals surface area contributed by atoms with Crippen molar-refractivity contribution in [2.24, 2.45) is 0 Å². The van der Waals surface area contributed by atoms with Gasteiger partial charge in [-0.25, -0.2) is 13.2 Å². The summed E-state index contributed by atoms with van der Waals surface area (Å²) in [6, 6.07) is 17.8. The SMILES string of the molecule is O=C(Nc1ccccc1)Nc1ccc(NC(=O)c2ccc(S(=O)(=O)N3CCCCC3)o2)cc1. The molecule has 0 bridgehead atoms. The molecule has 1 aliphatic heterocycles. The van der Waals surface area contributed by atoms with Crippen molar-refractivity contribution >= 4 is 39.0 Å². The second-order valence-electron chi connectivity index (χ2n) is 7.56. The van der Waals surface area contributed by atoms with Crippen molar-refractivity contribution in [1.29, 1.82) is 0 Å². The molecule has 0 spiro atoms. The lowest BCUT2D eigenvalue weighted by Gasteiger charge is -2.24. The topological polar surface area (TPSA) is 121 Å². The number of carbonyl (C=O) groups excluding carboxylic acids is 2. The van der Waals surface area contributed by atoms with Crippen molar-refractivity contribution in [2.45, 2.75) is 24.4 Å². The summed E-state index contributed by atoms with van der Waals surface area (Å²) >= 11 is 0. The van der Waals surface area contributed by atoms with Crippen LogP contribution in [0.5, 0.6) is 0 Å². The monoisotopic (exact) mass is 468 g/mol. The average Bonchev–Trinajstić information content (AvgIpc) is 3.33. The fourth-order valence-corrected chi connectivity index (χ4v) is 4.89. The number of nitrogens with one attached hydrogen (secondary N) is 3. The minimum Gasteiger partial charge on any atom is -0.438 e. The number of sulfonamides is 1. The van der Waals surface area contributed by atoms with Gasteiger partial charge in [-0.05, 0) is 61.4 Å². The highest BCUT2D eigenvalue weighted by molar-refractivity contribution is 7.89. The average molecular weight is 469 g/mol. The summed E-state index contributed by atoms with van der Waals surface area (Å²) in [5, 5.41) is 7.83. The van der Waals surface area contributed by atoms with Crippen LogP contribution in [0.4, 0.5) is 21.9 Å². The number of carbonyl (C=O) groups is 2. The standard InChI is InChI=1S/C23H24N4O5S/c28-22(20-13-14-21(32-20)33(30,31)27-15-5-2-6-16-27)24-18-9-11-19(12-10-18)26-23(29)25-17-7-3-1-4-8-17/h1,3-4,7-14H,2,5-6,15-16H2,(H,24,28)(H2,25,26,29). The van der Waals surface area contributed by atoms with E-state index in [0.29, 0.717) is 30.2 Å². The number of anilines is 3. The van der Waals surface area contributed by atoms with E-state index in [1.54, 1.807) is 36.4 Å². The Bertz CT molecular complexity index is 1220. The van der Waals surface area contributed by atoms with E-state index in [4.69, 9.17) is 4.42 Å². The number of para-hydroxylation sites is 1. The quantitative estimate of drug-likeness (QED) is 0.497. The third kappa shape index (κ3) is 5.60. The first-order chi connectivity index (χ1) is 15.9. The second kappa shape index (κ2) is 9.88. The maximum Gasteiger partial charge on any atom is 0.323 e. The van der Waals surface area contributed by atoms with Crippen molar-refractivity contribution in [3.8, 4) is 0 Å². The predicted octanol–water partition coefficient (Wildman–Crippen LogP) is 4.35. The first kappa shape index (κ1) is 22.6. The third-order valence-electron chi connectivity index (χ3n) is 5.15. The molecule has 4 rings (SSSR count). The summed E-state index contributed by atoms with van der Waals surface area (Å²) in [6.07, 6.45) is 2.63. The number of rotatable bonds is 6. The zero-order chi connectivity index (χ0) is 23.3. The number of piperidine rings is 1. The summed E-state index contributed by atoms with van der Waals surface area (Å²) in [5.74, 6) is -0.673. The van der Waals surface area contributed by atoms with Crippen LogP contribution in [0.3, 0.4) is 0 Å². The van der Waals surface area contributed by atoms with Gasteiger partial charge in [-0.2, -0.15) is 4.31 Å². The molecule has 172 valence electrons. The largest absolute Gasteiger partial charge is 0.438 e. The second-order valence-corrected chi connectivity index (χ2v) is 9.43. The lowest BCUT2D eigenvalue weighted by Crippen LogP contribution is -2.35. The molecule has 3 N–H and O–H groups in total. The highest BCUT2D eigenvalue weighted by atomic mass is 32.2. The minimum absolute atomic E-state index is 0.102. The Kier molecular flexibility index (Phi) is 6.76. The highest BCUT2D eigenvalue weighted by Crippen LogP contribution is 2.23. The molecule has 3 aromatic rings. The van der Waals surface area contributed by atoms with Crippen molar-refractivity contribution < 1.29 is 22.4 Å². The van der Waals surface area contributed by atoms with Crippen LogP contribution in [0.1, 0.15) is 29.8 Å². The van der Waals surface area contributed by atoms with Crippen LogP contribution in [-0.2, 0) is 10.0 Å². The zero-order valence-electron chi connectivity index (χ0n) is 17.8. The van der Waals surface area contributed by atoms with Crippen LogP contribution in [0.25, 0.3) is 0 Å². The molecular formula is C23H24N4O5S. The Balaban J connectivity index is 1.35. The Morgan fingerprint density at radius 2 is 1.30 bits per heavy atom. The number of furan rings is 1. The molecule has 33 heavy (non-hydrogen) atoms. The minimum atomic E-state index is -3.75. The van der Waals surface area contributed by atoms with E-state index in [9.17, 15) is 18.0 Å². The summed E-state index contributed by atoms with van der Waals surface area (Å²) < 4.78 is 32.1. The van der Waals surface area contributed by atoms with Crippen molar-refractivity contribution in [3.05, 3.63) is 72.5 Å². The van der Waals surface area contributed by atoms with E-state index in [1.807, 2.05) is 18.2 Å². The molecule has 0 atom stereocenters. The fourth-order valence-electron chi connectivity index (χ4n) is 3.46. The van der Waals surface area contributed by atoms with Gasteiger partial charge < -0.3 is 20.4 Å². The van der Waals surface area contributed by atoms with Gasteiger partial charge in [-0.15, -0.1) is 0 Å². The van der Waals surface area contributed by atoms with Gasteiger partial charge in [0.15, 0.2) is 5.76 Å². The summed E-state index contributed by atoms with van der Waals surface area (Å²) in [6.45, 7) is 0.905. The van der Waals surface area contributed by atoms with E-state index in [2.05, 4.69) is 16.0 Å². The molecular weight excluding hydrogens is 444 g/mol. The highest BCUT2D eigenvalue weighted by Gasteiger charge is 2.29. The number of nitrogens with zero attached hydrogens (tertiary/aromatic N) is 1. The van der Waals surface area contributed by atoms with Crippen LogP contribution in [0, 0.1) is 0 Å². The number of urea groups is 1. The maximum absolute atomic E-state index is 12.7. The van der Waals surface area contributed by atoms with E-state index in [0.717, 1.165) is 19.3 Å². The molecule has 9 nitrogen and oxygen atoms in total. The molecule has 3 amide bonds. The van der Waals surface area contributed by atoms with Crippen LogP contribution < -0.4 is 16.0 Å². The lowest BCUT2D eigenvalue weighted by atomic mass is 10.2. The molecule has 1 saturated heterocycles. The lowest BCUT2D eigenvalue weighted by molar-refractivity contribution is 0.0991. The van der Waals surface area contributed by atoms with E-state index in [-0.39, 0.29) is 10.9 Å². The smallest absolute Gasteiger partial charge is 0.323 e. The van der Waals surface area contributed by atoms with E-state index >= 15 is 0 Å². The zero-order valence-corrected chi connectivity index (χ0v) is 18.6. The van der Waals surface area contributed by atoms with Crippen molar-refractivity contribution in [2.75, 3.05) is 29.0 Å². The Morgan fingerprint density at radius 1 is 0.727 bits per heavy atom. The van der Waals surface area contributed by atoms with Crippen molar-refractivity contribution in [3.63, 3.8) is 0 Å². The first-order valence-corrected chi connectivity index (χ1v) is 12.0. The van der Waals surface area contributed by atoms with E-state index < -0.39 is 22.0 Å². The van der Waals surface area contributed by atoms with Gasteiger partial charge in [-0.1, -0.05) is 24.6 Å². The van der Waals surface area contributed by atoms with Gasteiger partial charge in [0.2, 0.25) is 5.09 Å².